The number of nitrogens with zero attached hydrogens (tertiary/aromatic N) is 1. The molecule has 4 heteroatoms. The maximum Gasteiger partial charge on any atom is 0.222 e. The van der Waals surface area contributed by atoms with Gasteiger partial charge in [-0.3, -0.25) is 4.79 Å². The molecule has 1 aromatic carbocycles. The highest BCUT2D eigenvalue weighted by atomic mass is 35.5. The molecule has 0 saturated carbocycles. The van der Waals surface area contributed by atoms with Gasteiger partial charge in [-0.1, -0.05) is 39.3 Å². The Bertz CT molecular complexity index is 494. The molecule has 0 spiro atoms. The normalized spacial score (nSPS) is 13.0. The molecule has 0 heterocycles. The minimum Gasteiger partial charge on any atom is -0.399 e. The van der Waals surface area contributed by atoms with Crippen LogP contribution in [-0.4, -0.2) is 17.9 Å². The summed E-state index contributed by atoms with van der Waals surface area (Å²) in [6.45, 7) is 9.22. The molecule has 0 saturated heterocycles. The van der Waals surface area contributed by atoms with E-state index in [0.29, 0.717) is 29.6 Å². The molecule has 21 heavy (non-hydrogen) atoms. The Kier molecular flexibility index (Phi) is 6.09. The predicted molar refractivity (Wildman–Crippen MR) is 90.2 cm³/mol. The Hall–Kier alpha value is -1.22. The lowest BCUT2D eigenvalue weighted by Crippen LogP contribution is -2.28. The molecule has 3 nitrogen and oxygen atoms in total. The number of hydrogen-bond donors (Lipinski definition) is 1. The van der Waals surface area contributed by atoms with Crippen molar-refractivity contribution in [3.05, 3.63) is 28.8 Å². The third-order valence-corrected chi connectivity index (χ3v) is 3.76. The third kappa shape index (κ3) is 6.38. The standard InChI is InChI=1S/C17H27ClN2O/c1-12(10-17(2,3)4)8-16(21)20(5)11-13-9-14(19)6-7-15(13)18/h6-7,9,12H,8,10-11,19H2,1-5H3. The lowest BCUT2D eigenvalue weighted by atomic mass is 9.84. The summed E-state index contributed by atoms with van der Waals surface area (Å²) in [5.74, 6) is 0.515. The van der Waals surface area contributed by atoms with E-state index in [1.807, 2.05) is 13.1 Å². The van der Waals surface area contributed by atoms with Crippen molar-refractivity contribution in [3.8, 4) is 0 Å². The fraction of sp³-hybridized carbons (Fsp3) is 0.588. The van der Waals surface area contributed by atoms with Crippen molar-refractivity contribution in [1.29, 1.82) is 0 Å². The summed E-state index contributed by atoms with van der Waals surface area (Å²) in [5, 5.41) is 0.645. The molecule has 1 atom stereocenters. The Morgan fingerprint density at radius 2 is 2.00 bits per heavy atom. The monoisotopic (exact) mass is 310 g/mol. The number of anilines is 1. The first-order valence-electron chi connectivity index (χ1n) is 7.36. The van der Waals surface area contributed by atoms with Gasteiger partial charge >= 0.3 is 0 Å². The van der Waals surface area contributed by atoms with Crippen LogP contribution >= 0.6 is 11.6 Å². The van der Waals surface area contributed by atoms with Crippen molar-refractivity contribution in [2.75, 3.05) is 12.8 Å². The second kappa shape index (κ2) is 7.17. The number of amides is 1. The summed E-state index contributed by atoms with van der Waals surface area (Å²) < 4.78 is 0. The van der Waals surface area contributed by atoms with E-state index >= 15 is 0 Å². The van der Waals surface area contributed by atoms with Crippen LogP contribution in [0.25, 0.3) is 0 Å². The zero-order chi connectivity index (χ0) is 16.2. The topological polar surface area (TPSA) is 46.3 Å². The summed E-state index contributed by atoms with van der Waals surface area (Å²) in [5.41, 5.74) is 7.56. The quantitative estimate of drug-likeness (QED) is 0.822. The number of hydrogen-bond acceptors (Lipinski definition) is 2. The van der Waals surface area contributed by atoms with Crippen LogP contribution in [0.4, 0.5) is 5.69 Å². The molecule has 2 N–H and O–H groups in total. The number of benzene rings is 1. The highest BCUT2D eigenvalue weighted by Crippen LogP contribution is 2.26. The summed E-state index contributed by atoms with van der Waals surface area (Å²) >= 11 is 6.14. The predicted octanol–water partition coefficient (Wildman–Crippen LogP) is 4.34. The van der Waals surface area contributed by atoms with Crippen molar-refractivity contribution in [2.45, 2.75) is 47.1 Å². The highest BCUT2D eigenvalue weighted by molar-refractivity contribution is 6.31. The van der Waals surface area contributed by atoms with Crippen molar-refractivity contribution < 1.29 is 4.79 Å². The van der Waals surface area contributed by atoms with Crippen LogP contribution < -0.4 is 5.73 Å². The van der Waals surface area contributed by atoms with Gasteiger partial charge in [0.25, 0.3) is 0 Å². The largest absolute Gasteiger partial charge is 0.399 e. The molecule has 1 aromatic rings. The Morgan fingerprint density at radius 3 is 2.57 bits per heavy atom. The molecular weight excluding hydrogens is 284 g/mol. The van der Waals surface area contributed by atoms with E-state index in [9.17, 15) is 4.79 Å². The lowest BCUT2D eigenvalue weighted by molar-refractivity contribution is -0.131. The van der Waals surface area contributed by atoms with Crippen LogP contribution in [0, 0.1) is 11.3 Å². The molecule has 0 aliphatic heterocycles. The van der Waals surface area contributed by atoms with Gasteiger partial charge in [0.1, 0.15) is 0 Å². The van der Waals surface area contributed by atoms with Gasteiger partial charge in [0.2, 0.25) is 5.91 Å². The van der Waals surface area contributed by atoms with E-state index in [-0.39, 0.29) is 11.3 Å². The number of carbonyl (C=O) groups is 1. The van der Waals surface area contributed by atoms with Gasteiger partial charge in [0, 0.05) is 30.7 Å². The average Bonchev–Trinajstić information content (AvgIpc) is 2.31. The second-order valence-corrected chi connectivity index (χ2v) is 7.58. The van der Waals surface area contributed by atoms with E-state index in [1.54, 1.807) is 17.0 Å². The smallest absolute Gasteiger partial charge is 0.222 e. The number of nitrogens with two attached hydrogens (primary N) is 1. The molecule has 1 rings (SSSR count). The van der Waals surface area contributed by atoms with E-state index in [1.165, 1.54) is 0 Å². The molecular formula is C17H27ClN2O. The average molecular weight is 311 g/mol. The van der Waals surface area contributed by atoms with Crippen LogP contribution in [-0.2, 0) is 11.3 Å². The molecule has 0 aromatic heterocycles. The van der Waals surface area contributed by atoms with Crippen molar-refractivity contribution in [1.82, 2.24) is 4.90 Å². The van der Waals surface area contributed by atoms with Crippen molar-refractivity contribution in [3.63, 3.8) is 0 Å². The zero-order valence-electron chi connectivity index (χ0n) is 13.7. The van der Waals surface area contributed by atoms with E-state index in [4.69, 9.17) is 17.3 Å². The van der Waals surface area contributed by atoms with Crippen LogP contribution in [0.2, 0.25) is 5.02 Å². The second-order valence-electron chi connectivity index (χ2n) is 7.17. The van der Waals surface area contributed by atoms with Gasteiger partial charge in [-0.15, -0.1) is 0 Å². The van der Waals surface area contributed by atoms with Crippen LogP contribution in [0.15, 0.2) is 18.2 Å². The molecule has 0 bridgehead atoms. The summed E-state index contributed by atoms with van der Waals surface area (Å²) in [6.07, 6.45) is 1.60. The molecule has 118 valence electrons. The molecule has 0 aliphatic carbocycles. The Morgan fingerprint density at radius 1 is 1.38 bits per heavy atom. The Labute approximate surface area is 133 Å². The highest BCUT2D eigenvalue weighted by Gasteiger charge is 2.20. The van der Waals surface area contributed by atoms with Gasteiger partial charge in [0.05, 0.1) is 0 Å². The fourth-order valence-electron chi connectivity index (χ4n) is 2.63. The van der Waals surface area contributed by atoms with Gasteiger partial charge in [0.15, 0.2) is 0 Å². The summed E-state index contributed by atoms with van der Waals surface area (Å²) in [6, 6.07) is 5.36. The van der Waals surface area contributed by atoms with Crippen molar-refractivity contribution >= 4 is 23.2 Å². The molecule has 0 radical (unpaired) electrons. The van der Waals surface area contributed by atoms with Crippen LogP contribution in [0.5, 0.6) is 0 Å². The maximum atomic E-state index is 12.3. The first-order valence-corrected chi connectivity index (χ1v) is 7.74. The van der Waals surface area contributed by atoms with E-state index in [0.717, 1.165) is 12.0 Å². The Balaban J connectivity index is 2.60. The van der Waals surface area contributed by atoms with Crippen LogP contribution in [0.3, 0.4) is 0 Å². The van der Waals surface area contributed by atoms with Gasteiger partial charge in [-0.2, -0.15) is 0 Å². The molecule has 0 fully saturated rings. The minimum absolute atomic E-state index is 0.144. The maximum absolute atomic E-state index is 12.3. The number of nitrogen functional groups attached to an aromatic ring is 1. The number of halogens is 1. The number of carbonyl (C=O) groups excluding carboxylic acids is 1. The molecule has 1 unspecified atom stereocenters. The minimum atomic E-state index is 0.144. The third-order valence-electron chi connectivity index (χ3n) is 3.39. The molecule has 1 amide bonds. The van der Waals surface area contributed by atoms with E-state index < -0.39 is 0 Å². The summed E-state index contributed by atoms with van der Waals surface area (Å²) in [4.78, 5) is 14.0. The molecule has 0 aliphatic rings. The van der Waals surface area contributed by atoms with Crippen molar-refractivity contribution in [2.24, 2.45) is 11.3 Å². The van der Waals surface area contributed by atoms with Gasteiger partial charge in [-0.05, 0) is 41.5 Å². The SMILES string of the molecule is CC(CC(=O)N(C)Cc1cc(N)ccc1Cl)CC(C)(C)C. The van der Waals surface area contributed by atoms with Crippen LogP contribution in [0.1, 0.15) is 46.1 Å². The van der Waals surface area contributed by atoms with Gasteiger partial charge in [-0.25, -0.2) is 0 Å². The van der Waals surface area contributed by atoms with Gasteiger partial charge < -0.3 is 10.6 Å². The lowest BCUT2D eigenvalue weighted by Gasteiger charge is -2.25. The fourth-order valence-corrected chi connectivity index (χ4v) is 2.81. The first-order chi connectivity index (χ1) is 9.58. The first kappa shape index (κ1) is 17.8. The number of rotatable bonds is 5. The van der Waals surface area contributed by atoms with E-state index in [2.05, 4.69) is 27.7 Å². The zero-order valence-corrected chi connectivity index (χ0v) is 14.5. The summed E-state index contributed by atoms with van der Waals surface area (Å²) in [7, 11) is 1.81.